The molecule has 6 rings (SSSR count). The highest BCUT2D eigenvalue weighted by Crippen LogP contribution is 2.70. The van der Waals surface area contributed by atoms with Crippen LogP contribution < -0.4 is 9.47 Å². The summed E-state index contributed by atoms with van der Waals surface area (Å²) in [6.45, 7) is 3.62. The number of fused-ring (bicyclic) bond motifs is 3. The number of benzene rings is 2. The molecule has 4 aliphatic rings. The fraction of sp³-hybridized carbons (Fsp3) is 0.222. The molecule has 12 heteroatoms. The minimum absolute atomic E-state index is 0.144. The third-order valence-corrected chi connectivity index (χ3v) is 8.99. The van der Waals surface area contributed by atoms with E-state index in [1.165, 1.54) is 24.3 Å². The maximum absolute atomic E-state index is 13.0. The molecule has 0 aliphatic heterocycles. The van der Waals surface area contributed by atoms with Crippen LogP contribution >= 0.6 is 0 Å². The molecule has 0 radical (unpaired) electrons. The van der Waals surface area contributed by atoms with Crippen molar-refractivity contribution in [1.82, 2.24) is 0 Å². The molecule has 1 unspecified atom stereocenters. The molecule has 0 bridgehead atoms. The third kappa shape index (κ3) is 4.94. The Balaban J connectivity index is 1.71. The van der Waals surface area contributed by atoms with Crippen molar-refractivity contribution >= 4 is 11.1 Å². The van der Waals surface area contributed by atoms with Gasteiger partial charge in [-0.05, 0) is 94.2 Å². The maximum Gasteiger partial charge on any atom is 0.573 e. The fourth-order valence-electron chi connectivity index (χ4n) is 7.15. The summed E-state index contributed by atoms with van der Waals surface area (Å²) in [7, 11) is 0. The minimum atomic E-state index is -4.95. The zero-order valence-electron chi connectivity index (χ0n) is 25.1. The summed E-state index contributed by atoms with van der Waals surface area (Å²) in [5, 5.41) is 40.8. The Hall–Kier alpha value is -5.98. The lowest BCUT2D eigenvalue weighted by molar-refractivity contribution is -0.275. The van der Waals surface area contributed by atoms with Gasteiger partial charge in [-0.25, -0.2) is 0 Å². The number of allylic oxidation sites excluding steroid dienone is 12. The van der Waals surface area contributed by atoms with Gasteiger partial charge in [0.2, 0.25) is 0 Å². The molecule has 0 spiro atoms. The van der Waals surface area contributed by atoms with Crippen LogP contribution in [0.1, 0.15) is 37.8 Å². The largest absolute Gasteiger partial charge is 0.573 e. The van der Waals surface area contributed by atoms with E-state index < -0.39 is 35.1 Å². The third-order valence-electron chi connectivity index (χ3n) is 8.99. The van der Waals surface area contributed by atoms with E-state index >= 15 is 0 Å². The second kappa shape index (κ2) is 10.8. The normalized spacial score (nSPS) is 22.9. The molecule has 1 saturated carbocycles. The SMILES string of the molecule is CC12CC=C(C#N)C3=C1C(=CC[C@]3(C)C#N)C1=C(c3ccc(OC(F)(F)F)cc3)C(=C(C#N)C#N)C(c3ccc(OC(F)(F)F)cc3)=C12. The molecule has 2 aromatic rings. The van der Waals surface area contributed by atoms with Gasteiger partial charge >= 0.3 is 12.7 Å². The van der Waals surface area contributed by atoms with Crippen molar-refractivity contribution in [2.24, 2.45) is 10.8 Å². The highest BCUT2D eigenvalue weighted by Gasteiger charge is 2.57. The van der Waals surface area contributed by atoms with Gasteiger partial charge < -0.3 is 9.47 Å². The van der Waals surface area contributed by atoms with E-state index in [9.17, 15) is 47.4 Å². The first-order valence-corrected chi connectivity index (χ1v) is 14.3. The topological polar surface area (TPSA) is 114 Å². The first-order valence-electron chi connectivity index (χ1n) is 14.3. The molecule has 0 amide bonds. The van der Waals surface area contributed by atoms with Gasteiger partial charge in [0.15, 0.2) is 0 Å². The number of halogens is 6. The Morgan fingerprint density at radius 3 is 1.65 bits per heavy atom. The van der Waals surface area contributed by atoms with Crippen molar-refractivity contribution in [3.05, 3.63) is 116 Å². The summed E-state index contributed by atoms with van der Waals surface area (Å²) >= 11 is 0. The van der Waals surface area contributed by atoms with Gasteiger partial charge in [-0.3, -0.25) is 0 Å². The van der Waals surface area contributed by atoms with Crippen LogP contribution in [0, 0.1) is 56.2 Å². The Bertz CT molecular complexity index is 2140. The number of hydrogen-bond donors (Lipinski definition) is 0. The lowest BCUT2D eigenvalue weighted by atomic mass is 9.61. The summed E-state index contributed by atoms with van der Waals surface area (Å²) in [6.07, 6.45) is -5.86. The standard InChI is InChI=1S/C36H20F6N4O2/c1-33(18-46)13-12-25-29-26(19-3-7-23(8-4-19)47-35(37,38)39)27(22(16-44)17-45)28(20-5-9-24(10-6-20)48-36(40,41)42)32(29)34(2)14-11-21(15-43)30(33)31(25)34/h3-12H,13-14H2,1-2H3/t33-,34?/m1/s1. The van der Waals surface area contributed by atoms with Gasteiger partial charge in [0.1, 0.15) is 29.2 Å². The number of alkyl halides is 6. The Morgan fingerprint density at radius 2 is 1.19 bits per heavy atom. The van der Waals surface area contributed by atoms with E-state index in [1.807, 2.05) is 25.1 Å². The zero-order chi connectivity index (χ0) is 34.8. The van der Waals surface area contributed by atoms with Crippen molar-refractivity contribution in [1.29, 1.82) is 21.0 Å². The van der Waals surface area contributed by atoms with E-state index in [-0.39, 0.29) is 24.0 Å². The van der Waals surface area contributed by atoms with Gasteiger partial charge in [0.25, 0.3) is 0 Å². The molecule has 48 heavy (non-hydrogen) atoms. The van der Waals surface area contributed by atoms with E-state index in [2.05, 4.69) is 21.6 Å². The van der Waals surface area contributed by atoms with Crippen LogP contribution in [-0.4, -0.2) is 12.7 Å². The Morgan fingerprint density at radius 1 is 0.667 bits per heavy atom. The van der Waals surface area contributed by atoms with Crippen LogP contribution in [0.25, 0.3) is 11.1 Å². The van der Waals surface area contributed by atoms with Gasteiger partial charge in [0.05, 0.1) is 23.1 Å². The zero-order valence-corrected chi connectivity index (χ0v) is 25.1. The van der Waals surface area contributed by atoms with Gasteiger partial charge in [0, 0.05) is 11.0 Å². The number of ether oxygens (including phenoxy) is 2. The predicted molar refractivity (Wildman–Crippen MR) is 158 cm³/mol. The molecule has 0 N–H and O–H groups in total. The van der Waals surface area contributed by atoms with Gasteiger partial charge in [-0.15, -0.1) is 26.3 Å². The smallest absolute Gasteiger partial charge is 0.406 e. The van der Waals surface area contributed by atoms with E-state index in [1.54, 1.807) is 13.0 Å². The number of nitrogens with zero attached hydrogens (tertiary/aromatic N) is 4. The molecule has 6 nitrogen and oxygen atoms in total. The van der Waals surface area contributed by atoms with Crippen molar-refractivity contribution in [3.8, 4) is 35.8 Å². The predicted octanol–water partition coefficient (Wildman–Crippen LogP) is 9.08. The molecular weight excluding hydrogens is 634 g/mol. The first-order chi connectivity index (χ1) is 22.6. The van der Waals surface area contributed by atoms with Crippen LogP contribution in [0.4, 0.5) is 26.3 Å². The maximum atomic E-state index is 13.0. The minimum Gasteiger partial charge on any atom is -0.406 e. The van der Waals surface area contributed by atoms with Crippen molar-refractivity contribution < 1.29 is 35.8 Å². The quantitative estimate of drug-likeness (QED) is 0.240. The summed E-state index contributed by atoms with van der Waals surface area (Å²) in [6, 6.07) is 18.2. The highest BCUT2D eigenvalue weighted by molar-refractivity contribution is 6.14. The molecule has 0 aromatic heterocycles. The second-order valence-corrected chi connectivity index (χ2v) is 11.9. The summed E-state index contributed by atoms with van der Waals surface area (Å²) in [4.78, 5) is 0. The van der Waals surface area contributed by atoms with Crippen LogP contribution in [0.15, 0.2) is 105 Å². The highest BCUT2D eigenvalue weighted by atomic mass is 19.4. The van der Waals surface area contributed by atoms with Crippen molar-refractivity contribution in [3.63, 3.8) is 0 Å². The lowest BCUT2D eigenvalue weighted by Crippen LogP contribution is -2.30. The Kier molecular flexibility index (Phi) is 7.19. The van der Waals surface area contributed by atoms with Gasteiger partial charge in [-0.2, -0.15) is 21.0 Å². The van der Waals surface area contributed by atoms with E-state index in [4.69, 9.17) is 0 Å². The molecule has 1 fully saturated rings. The van der Waals surface area contributed by atoms with Crippen LogP contribution in [0.2, 0.25) is 0 Å². The monoisotopic (exact) mass is 654 g/mol. The summed E-state index contributed by atoms with van der Waals surface area (Å²) < 4.78 is 86.1. The van der Waals surface area contributed by atoms with Crippen LogP contribution in [-0.2, 0) is 0 Å². The molecule has 2 aromatic carbocycles. The van der Waals surface area contributed by atoms with Crippen molar-refractivity contribution in [2.75, 3.05) is 0 Å². The molecule has 238 valence electrons. The number of nitriles is 4. The first kappa shape index (κ1) is 32.0. The molecule has 0 saturated heterocycles. The van der Waals surface area contributed by atoms with Crippen LogP contribution in [0.3, 0.4) is 0 Å². The van der Waals surface area contributed by atoms with Crippen molar-refractivity contribution in [2.45, 2.75) is 39.4 Å². The molecule has 0 heterocycles. The second-order valence-electron chi connectivity index (χ2n) is 11.9. The summed E-state index contributed by atoms with van der Waals surface area (Å²) in [5.74, 6) is -1.01. The fourth-order valence-corrected chi connectivity index (χ4v) is 7.15. The van der Waals surface area contributed by atoms with E-state index in [0.717, 1.165) is 24.3 Å². The molecule has 4 aliphatic carbocycles. The van der Waals surface area contributed by atoms with E-state index in [0.29, 0.717) is 55.7 Å². The average molecular weight is 655 g/mol. The average Bonchev–Trinajstić information content (AvgIpc) is 3.50. The Labute approximate surface area is 270 Å². The van der Waals surface area contributed by atoms with Crippen LogP contribution in [0.5, 0.6) is 11.5 Å². The van der Waals surface area contributed by atoms with Gasteiger partial charge in [-0.1, -0.05) is 43.3 Å². The number of hydrogen-bond acceptors (Lipinski definition) is 6. The summed E-state index contributed by atoms with van der Waals surface area (Å²) in [5.41, 5.74) is 2.46. The molecule has 2 atom stereocenters. The lowest BCUT2D eigenvalue weighted by Gasteiger charge is -2.39. The molecular formula is C36H20F6N4O2. The number of rotatable bonds is 4.